The monoisotopic (exact) mass is 428 g/mol. The summed E-state index contributed by atoms with van der Waals surface area (Å²) in [6, 6.07) is 30.3. The Morgan fingerprint density at radius 2 is 0.875 bits per heavy atom. The number of ether oxygens (including phenoxy) is 4. The van der Waals surface area contributed by atoms with Crippen molar-refractivity contribution in [1.82, 2.24) is 0 Å². The van der Waals surface area contributed by atoms with Crippen molar-refractivity contribution in [3.8, 4) is 34.5 Å². The molecule has 0 atom stereocenters. The minimum absolute atomic E-state index is 0.637. The van der Waals surface area contributed by atoms with Crippen LogP contribution in [0.1, 0.15) is 0 Å². The maximum atomic E-state index is 6.05. The zero-order chi connectivity index (χ0) is 22.2. The highest BCUT2D eigenvalue weighted by atomic mass is 16.5. The molecule has 0 saturated heterocycles. The second-order valence-corrected chi connectivity index (χ2v) is 6.80. The van der Waals surface area contributed by atoms with Gasteiger partial charge in [-0.3, -0.25) is 10.9 Å². The smallest absolute Gasteiger partial charge is 0.152 e. The topological polar surface area (TPSA) is 61.0 Å². The van der Waals surface area contributed by atoms with E-state index in [1.165, 1.54) is 0 Å². The molecule has 0 spiro atoms. The van der Waals surface area contributed by atoms with Crippen molar-refractivity contribution in [2.45, 2.75) is 0 Å². The maximum Gasteiger partial charge on any atom is 0.152 e. The minimum Gasteiger partial charge on any atom is -0.497 e. The Labute approximate surface area is 187 Å². The normalized spacial score (nSPS) is 10.2. The van der Waals surface area contributed by atoms with Crippen LogP contribution < -0.4 is 29.8 Å². The molecule has 4 rings (SSSR count). The Hall–Kier alpha value is -4.32. The van der Waals surface area contributed by atoms with E-state index in [0.29, 0.717) is 34.4 Å². The molecule has 0 fully saturated rings. The number of hydrogen-bond acceptors (Lipinski definition) is 6. The SMILES string of the molecule is COc1ccc(Oc2ccccc2)c(NNc2cc(OC)ccc2Oc2ccccc2)c1. The summed E-state index contributed by atoms with van der Waals surface area (Å²) in [6.07, 6.45) is 0. The molecular weight excluding hydrogens is 404 g/mol. The van der Waals surface area contributed by atoms with Crippen molar-refractivity contribution in [3.63, 3.8) is 0 Å². The van der Waals surface area contributed by atoms with Gasteiger partial charge in [0.1, 0.15) is 34.4 Å². The molecule has 32 heavy (non-hydrogen) atoms. The van der Waals surface area contributed by atoms with E-state index in [0.717, 1.165) is 11.5 Å². The fraction of sp³-hybridized carbons (Fsp3) is 0.0769. The second-order valence-electron chi connectivity index (χ2n) is 6.80. The summed E-state index contributed by atoms with van der Waals surface area (Å²) in [6.45, 7) is 0. The van der Waals surface area contributed by atoms with Gasteiger partial charge in [0.25, 0.3) is 0 Å². The fourth-order valence-electron chi connectivity index (χ4n) is 3.01. The van der Waals surface area contributed by atoms with Crippen molar-refractivity contribution in [1.29, 1.82) is 0 Å². The first-order valence-corrected chi connectivity index (χ1v) is 10.1. The van der Waals surface area contributed by atoms with Crippen LogP contribution in [0.4, 0.5) is 11.4 Å². The lowest BCUT2D eigenvalue weighted by molar-refractivity contribution is 0.413. The summed E-state index contributed by atoms with van der Waals surface area (Å²) in [5.74, 6) is 4.13. The molecular formula is C26H24N2O4. The molecule has 0 amide bonds. The van der Waals surface area contributed by atoms with Gasteiger partial charge in [0.15, 0.2) is 11.5 Å². The van der Waals surface area contributed by atoms with Crippen molar-refractivity contribution in [2.75, 3.05) is 25.1 Å². The predicted molar refractivity (Wildman–Crippen MR) is 126 cm³/mol. The number of benzene rings is 4. The van der Waals surface area contributed by atoms with Gasteiger partial charge in [0, 0.05) is 12.1 Å². The Kier molecular flexibility index (Phi) is 6.63. The van der Waals surface area contributed by atoms with Gasteiger partial charge in [-0.15, -0.1) is 0 Å². The van der Waals surface area contributed by atoms with Crippen LogP contribution in [0.5, 0.6) is 34.5 Å². The highest BCUT2D eigenvalue weighted by Gasteiger charge is 2.11. The van der Waals surface area contributed by atoms with Crippen molar-refractivity contribution in [3.05, 3.63) is 97.1 Å². The van der Waals surface area contributed by atoms with E-state index < -0.39 is 0 Å². The van der Waals surface area contributed by atoms with E-state index in [1.54, 1.807) is 14.2 Å². The summed E-state index contributed by atoms with van der Waals surface area (Å²) >= 11 is 0. The average molecular weight is 428 g/mol. The largest absolute Gasteiger partial charge is 0.497 e. The Morgan fingerprint density at radius 1 is 0.469 bits per heavy atom. The molecule has 6 heteroatoms. The first kappa shape index (κ1) is 20.9. The minimum atomic E-state index is 0.637. The van der Waals surface area contributed by atoms with Gasteiger partial charge in [-0.1, -0.05) is 36.4 Å². The van der Waals surface area contributed by atoms with Crippen molar-refractivity contribution < 1.29 is 18.9 Å². The molecule has 0 bridgehead atoms. The van der Waals surface area contributed by atoms with Gasteiger partial charge in [-0.05, 0) is 48.5 Å². The number of methoxy groups -OCH3 is 2. The van der Waals surface area contributed by atoms with Gasteiger partial charge in [0.05, 0.1) is 14.2 Å². The Bertz CT molecular complexity index is 1060. The number of hydrogen-bond donors (Lipinski definition) is 2. The number of rotatable bonds is 9. The molecule has 162 valence electrons. The lowest BCUT2D eigenvalue weighted by Crippen LogP contribution is -2.11. The molecule has 0 radical (unpaired) electrons. The molecule has 0 aliphatic carbocycles. The summed E-state index contributed by atoms with van der Waals surface area (Å²) in [5.41, 5.74) is 7.81. The molecule has 6 nitrogen and oxygen atoms in total. The van der Waals surface area contributed by atoms with E-state index >= 15 is 0 Å². The van der Waals surface area contributed by atoms with Crippen LogP contribution in [-0.4, -0.2) is 14.2 Å². The Balaban J connectivity index is 1.59. The lowest BCUT2D eigenvalue weighted by Gasteiger charge is -2.18. The highest BCUT2D eigenvalue weighted by Crippen LogP contribution is 2.36. The van der Waals surface area contributed by atoms with E-state index in [2.05, 4.69) is 10.9 Å². The van der Waals surface area contributed by atoms with Crippen molar-refractivity contribution >= 4 is 11.4 Å². The second kappa shape index (κ2) is 10.1. The van der Waals surface area contributed by atoms with Crippen molar-refractivity contribution in [2.24, 2.45) is 0 Å². The number of nitrogens with one attached hydrogen (secondary N) is 2. The van der Waals surface area contributed by atoms with Crippen LogP contribution in [-0.2, 0) is 0 Å². The van der Waals surface area contributed by atoms with Crippen LogP contribution in [0.15, 0.2) is 97.1 Å². The third-order valence-corrected chi connectivity index (χ3v) is 4.65. The fourth-order valence-corrected chi connectivity index (χ4v) is 3.01. The average Bonchev–Trinajstić information content (AvgIpc) is 2.85. The third-order valence-electron chi connectivity index (χ3n) is 4.65. The molecule has 0 saturated carbocycles. The zero-order valence-electron chi connectivity index (χ0n) is 17.9. The summed E-state index contributed by atoms with van der Waals surface area (Å²) in [5, 5.41) is 0. The third kappa shape index (κ3) is 5.23. The molecule has 0 aliphatic heterocycles. The number of para-hydroxylation sites is 2. The highest BCUT2D eigenvalue weighted by molar-refractivity contribution is 5.67. The van der Waals surface area contributed by atoms with Gasteiger partial charge in [-0.2, -0.15) is 0 Å². The molecule has 4 aromatic rings. The number of hydrazine groups is 1. The van der Waals surface area contributed by atoms with Gasteiger partial charge >= 0.3 is 0 Å². The molecule has 2 N–H and O–H groups in total. The molecule has 4 aromatic carbocycles. The standard InChI is InChI=1S/C26H24N2O4/c1-29-21-13-15-25(31-19-9-5-3-6-10-19)23(17-21)27-28-24-18-22(30-2)14-16-26(24)32-20-11-7-4-8-12-20/h3-18,27-28H,1-2H3. The van der Waals surface area contributed by atoms with Crippen LogP contribution >= 0.6 is 0 Å². The summed E-state index contributed by atoms with van der Waals surface area (Å²) < 4.78 is 22.9. The van der Waals surface area contributed by atoms with Gasteiger partial charge in [-0.25, -0.2) is 0 Å². The first-order valence-electron chi connectivity index (χ1n) is 10.1. The Morgan fingerprint density at radius 3 is 1.25 bits per heavy atom. The lowest BCUT2D eigenvalue weighted by atomic mass is 10.2. The van der Waals surface area contributed by atoms with E-state index in [1.807, 2.05) is 97.1 Å². The van der Waals surface area contributed by atoms with Crippen LogP contribution in [0.25, 0.3) is 0 Å². The van der Waals surface area contributed by atoms with E-state index in [4.69, 9.17) is 18.9 Å². The molecule has 0 aliphatic rings. The maximum absolute atomic E-state index is 6.05. The summed E-state index contributed by atoms with van der Waals surface area (Å²) in [7, 11) is 3.25. The zero-order valence-corrected chi connectivity index (χ0v) is 17.9. The van der Waals surface area contributed by atoms with Gasteiger partial charge in [0.2, 0.25) is 0 Å². The van der Waals surface area contributed by atoms with E-state index in [-0.39, 0.29) is 0 Å². The van der Waals surface area contributed by atoms with Crippen LogP contribution in [0.3, 0.4) is 0 Å². The quantitative estimate of drug-likeness (QED) is 0.288. The molecule has 0 unspecified atom stereocenters. The predicted octanol–water partition coefficient (Wildman–Crippen LogP) is 6.73. The van der Waals surface area contributed by atoms with E-state index in [9.17, 15) is 0 Å². The molecule has 0 heterocycles. The number of anilines is 2. The van der Waals surface area contributed by atoms with Crippen LogP contribution in [0, 0.1) is 0 Å². The summed E-state index contributed by atoms with van der Waals surface area (Å²) in [4.78, 5) is 0. The first-order chi connectivity index (χ1) is 15.7. The molecule has 0 aromatic heterocycles. The van der Waals surface area contributed by atoms with Gasteiger partial charge < -0.3 is 18.9 Å². The van der Waals surface area contributed by atoms with Crippen LogP contribution in [0.2, 0.25) is 0 Å².